The predicted octanol–water partition coefficient (Wildman–Crippen LogP) is 3.85. The molecule has 1 saturated heterocycles. The molecule has 1 aliphatic heterocycles. The maximum Gasteiger partial charge on any atom is 0.137 e. The standard InChI is InChI=1S/C16H22BrFN2/c17-13-9-12(5-6-14(13)18)16(10-19)20-8-7-11-3-1-2-4-15(11)20/h5-6,9,11,15-16H,1-4,7-8,10,19H2. The van der Waals surface area contributed by atoms with Crippen LogP contribution in [0.1, 0.15) is 43.7 Å². The SMILES string of the molecule is NCC(c1ccc(F)c(Br)c1)N1CCC2CCCCC21. The fraction of sp³-hybridized carbons (Fsp3) is 0.625. The van der Waals surface area contributed by atoms with E-state index in [2.05, 4.69) is 20.8 Å². The fourth-order valence-electron chi connectivity index (χ4n) is 4.01. The Hall–Kier alpha value is -0.450. The summed E-state index contributed by atoms with van der Waals surface area (Å²) in [5, 5.41) is 0. The molecule has 2 fully saturated rings. The van der Waals surface area contributed by atoms with Crippen molar-refractivity contribution in [2.24, 2.45) is 11.7 Å². The minimum absolute atomic E-state index is 0.207. The Morgan fingerprint density at radius 2 is 2.10 bits per heavy atom. The lowest BCUT2D eigenvalue weighted by Gasteiger charge is -2.37. The van der Waals surface area contributed by atoms with E-state index in [9.17, 15) is 4.39 Å². The summed E-state index contributed by atoms with van der Waals surface area (Å²) in [5.74, 6) is 0.642. The first-order chi connectivity index (χ1) is 9.70. The van der Waals surface area contributed by atoms with Crippen LogP contribution in [0.2, 0.25) is 0 Å². The molecule has 3 rings (SSSR count). The molecule has 0 radical (unpaired) electrons. The molecule has 1 aromatic carbocycles. The summed E-state index contributed by atoms with van der Waals surface area (Å²) in [4.78, 5) is 2.57. The Morgan fingerprint density at radius 1 is 1.30 bits per heavy atom. The van der Waals surface area contributed by atoms with Gasteiger partial charge >= 0.3 is 0 Å². The van der Waals surface area contributed by atoms with Gasteiger partial charge in [-0.25, -0.2) is 4.39 Å². The third kappa shape index (κ3) is 2.66. The summed E-state index contributed by atoms with van der Waals surface area (Å²) in [6, 6.07) is 6.22. The highest BCUT2D eigenvalue weighted by molar-refractivity contribution is 9.10. The van der Waals surface area contributed by atoms with Gasteiger partial charge in [-0.3, -0.25) is 4.90 Å². The summed E-state index contributed by atoms with van der Waals surface area (Å²) in [6.45, 7) is 1.73. The zero-order chi connectivity index (χ0) is 14.1. The second-order valence-electron chi connectivity index (χ2n) is 6.06. The van der Waals surface area contributed by atoms with Crippen LogP contribution in [0.3, 0.4) is 0 Å². The van der Waals surface area contributed by atoms with Crippen molar-refractivity contribution in [3.63, 3.8) is 0 Å². The van der Waals surface area contributed by atoms with Crippen molar-refractivity contribution >= 4 is 15.9 Å². The van der Waals surface area contributed by atoms with E-state index in [0.717, 1.165) is 18.0 Å². The largest absolute Gasteiger partial charge is 0.329 e. The minimum Gasteiger partial charge on any atom is -0.329 e. The van der Waals surface area contributed by atoms with Crippen molar-refractivity contribution in [2.75, 3.05) is 13.1 Å². The van der Waals surface area contributed by atoms with Crippen LogP contribution in [0.4, 0.5) is 4.39 Å². The fourth-order valence-corrected chi connectivity index (χ4v) is 4.41. The maximum atomic E-state index is 13.4. The first-order valence-electron chi connectivity index (χ1n) is 7.61. The molecule has 4 heteroatoms. The lowest BCUT2D eigenvalue weighted by molar-refractivity contribution is 0.135. The van der Waals surface area contributed by atoms with E-state index < -0.39 is 0 Å². The van der Waals surface area contributed by atoms with Gasteiger partial charge < -0.3 is 5.73 Å². The molecule has 1 aromatic rings. The molecule has 1 heterocycles. The van der Waals surface area contributed by atoms with E-state index >= 15 is 0 Å². The summed E-state index contributed by atoms with van der Waals surface area (Å²) in [7, 11) is 0. The number of hydrogen-bond donors (Lipinski definition) is 1. The van der Waals surface area contributed by atoms with E-state index in [1.165, 1.54) is 38.2 Å². The predicted molar refractivity (Wildman–Crippen MR) is 83.0 cm³/mol. The normalized spacial score (nSPS) is 28.4. The van der Waals surface area contributed by atoms with E-state index in [1.807, 2.05) is 12.1 Å². The molecule has 3 unspecified atom stereocenters. The number of likely N-dealkylation sites (tertiary alicyclic amines) is 1. The second-order valence-corrected chi connectivity index (χ2v) is 6.92. The van der Waals surface area contributed by atoms with E-state index in [4.69, 9.17) is 5.73 Å². The molecule has 0 bridgehead atoms. The van der Waals surface area contributed by atoms with Crippen molar-refractivity contribution < 1.29 is 4.39 Å². The lowest BCUT2D eigenvalue weighted by atomic mass is 9.84. The third-order valence-corrected chi connectivity index (χ3v) is 5.61. The van der Waals surface area contributed by atoms with E-state index in [-0.39, 0.29) is 11.9 Å². The molecule has 0 spiro atoms. The smallest absolute Gasteiger partial charge is 0.137 e. The second kappa shape index (κ2) is 6.12. The van der Waals surface area contributed by atoms with Crippen LogP contribution in [-0.4, -0.2) is 24.0 Å². The average molecular weight is 341 g/mol. The average Bonchev–Trinajstić information content (AvgIpc) is 2.88. The Balaban J connectivity index is 1.84. The summed E-state index contributed by atoms with van der Waals surface area (Å²) < 4.78 is 14.0. The third-order valence-electron chi connectivity index (χ3n) is 5.01. The highest BCUT2D eigenvalue weighted by Gasteiger charge is 2.39. The Morgan fingerprint density at radius 3 is 2.85 bits per heavy atom. The van der Waals surface area contributed by atoms with Gasteiger partial charge in [-0.15, -0.1) is 0 Å². The molecule has 1 saturated carbocycles. The van der Waals surface area contributed by atoms with Gasteiger partial charge in [0, 0.05) is 18.6 Å². The lowest BCUT2D eigenvalue weighted by Crippen LogP contribution is -2.40. The first-order valence-corrected chi connectivity index (χ1v) is 8.40. The Labute approximate surface area is 128 Å². The minimum atomic E-state index is -0.207. The molecule has 2 N–H and O–H groups in total. The molecule has 0 amide bonds. The summed E-state index contributed by atoms with van der Waals surface area (Å²) >= 11 is 3.29. The number of hydrogen-bond acceptors (Lipinski definition) is 2. The van der Waals surface area contributed by atoms with Gasteiger partial charge in [0.15, 0.2) is 0 Å². The topological polar surface area (TPSA) is 29.3 Å². The van der Waals surface area contributed by atoms with Gasteiger partial charge in [0.25, 0.3) is 0 Å². The monoisotopic (exact) mass is 340 g/mol. The molecule has 0 aromatic heterocycles. The van der Waals surface area contributed by atoms with Crippen LogP contribution in [-0.2, 0) is 0 Å². The van der Waals surface area contributed by atoms with Crippen LogP contribution in [0, 0.1) is 11.7 Å². The molecular formula is C16H22BrFN2. The van der Waals surface area contributed by atoms with Crippen LogP contribution in [0.5, 0.6) is 0 Å². The van der Waals surface area contributed by atoms with Crippen molar-refractivity contribution in [1.82, 2.24) is 4.90 Å². The van der Waals surface area contributed by atoms with Crippen molar-refractivity contribution in [3.8, 4) is 0 Å². The van der Waals surface area contributed by atoms with Crippen LogP contribution in [0.15, 0.2) is 22.7 Å². The van der Waals surface area contributed by atoms with E-state index in [0.29, 0.717) is 17.1 Å². The zero-order valence-corrected chi connectivity index (χ0v) is 13.3. The van der Waals surface area contributed by atoms with Crippen LogP contribution < -0.4 is 5.73 Å². The molecule has 110 valence electrons. The highest BCUT2D eigenvalue weighted by atomic mass is 79.9. The van der Waals surface area contributed by atoms with Gasteiger partial charge in [-0.2, -0.15) is 0 Å². The van der Waals surface area contributed by atoms with Gasteiger partial charge in [0.2, 0.25) is 0 Å². The first kappa shape index (κ1) is 14.5. The number of rotatable bonds is 3. The molecule has 2 aliphatic rings. The van der Waals surface area contributed by atoms with Gasteiger partial charge in [0.1, 0.15) is 5.82 Å². The van der Waals surface area contributed by atoms with Crippen molar-refractivity contribution in [2.45, 2.75) is 44.2 Å². The number of nitrogens with zero attached hydrogens (tertiary/aromatic N) is 1. The van der Waals surface area contributed by atoms with Crippen LogP contribution >= 0.6 is 15.9 Å². The number of halogens is 2. The van der Waals surface area contributed by atoms with E-state index in [1.54, 1.807) is 0 Å². The number of fused-ring (bicyclic) bond motifs is 1. The number of benzene rings is 1. The molecule has 1 aliphatic carbocycles. The summed E-state index contributed by atoms with van der Waals surface area (Å²) in [5.41, 5.74) is 7.18. The van der Waals surface area contributed by atoms with Gasteiger partial charge in [0.05, 0.1) is 4.47 Å². The quantitative estimate of drug-likeness (QED) is 0.905. The van der Waals surface area contributed by atoms with Crippen molar-refractivity contribution in [3.05, 3.63) is 34.1 Å². The summed E-state index contributed by atoms with van der Waals surface area (Å²) in [6.07, 6.45) is 6.67. The zero-order valence-electron chi connectivity index (χ0n) is 11.7. The van der Waals surface area contributed by atoms with Crippen molar-refractivity contribution in [1.29, 1.82) is 0 Å². The van der Waals surface area contributed by atoms with Gasteiger partial charge in [-0.05, 0) is 65.4 Å². The van der Waals surface area contributed by atoms with Gasteiger partial charge in [-0.1, -0.05) is 18.9 Å². The molecule has 3 atom stereocenters. The molecule has 2 nitrogen and oxygen atoms in total. The maximum absolute atomic E-state index is 13.4. The Bertz CT molecular complexity index is 480. The molecular weight excluding hydrogens is 319 g/mol. The molecule has 20 heavy (non-hydrogen) atoms. The van der Waals surface area contributed by atoms with Crippen LogP contribution in [0.25, 0.3) is 0 Å². The highest BCUT2D eigenvalue weighted by Crippen LogP contribution is 2.40. The number of nitrogens with two attached hydrogens (primary N) is 1. The Kier molecular flexibility index (Phi) is 4.43.